The standard InChI is InChI=1S/C14H18ClFN2O/c1-11-2-3-12(13(16)10-11)14(19)18-8-6-17(5-4-15)7-9-18/h2-3,10H,4-9H2,1H3. The first-order valence-electron chi connectivity index (χ1n) is 6.45. The van der Waals surface area contributed by atoms with Crippen molar-refractivity contribution in [3.63, 3.8) is 0 Å². The fourth-order valence-corrected chi connectivity index (χ4v) is 2.50. The number of carbonyl (C=O) groups is 1. The van der Waals surface area contributed by atoms with Crippen LogP contribution in [0.15, 0.2) is 18.2 Å². The van der Waals surface area contributed by atoms with Crippen LogP contribution in [0.2, 0.25) is 0 Å². The number of aryl methyl sites for hydroxylation is 1. The number of nitrogens with zero attached hydrogens (tertiary/aromatic N) is 2. The third-order valence-electron chi connectivity index (χ3n) is 3.42. The molecule has 0 spiro atoms. The number of carbonyl (C=O) groups excluding carboxylic acids is 1. The van der Waals surface area contributed by atoms with Gasteiger partial charge in [0.1, 0.15) is 5.82 Å². The number of hydrogen-bond acceptors (Lipinski definition) is 2. The first kappa shape index (κ1) is 14.3. The number of amides is 1. The summed E-state index contributed by atoms with van der Waals surface area (Å²) in [5.74, 6) is -0.0585. The molecule has 1 saturated heterocycles. The Morgan fingerprint density at radius 1 is 1.32 bits per heavy atom. The molecule has 0 aliphatic carbocycles. The lowest BCUT2D eigenvalue weighted by Crippen LogP contribution is -2.49. The lowest BCUT2D eigenvalue weighted by atomic mass is 10.1. The van der Waals surface area contributed by atoms with Gasteiger partial charge in [0.15, 0.2) is 0 Å². The fraction of sp³-hybridized carbons (Fsp3) is 0.500. The quantitative estimate of drug-likeness (QED) is 0.794. The van der Waals surface area contributed by atoms with Gasteiger partial charge in [-0.3, -0.25) is 9.69 Å². The maximum atomic E-state index is 13.8. The van der Waals surface area contributed by atoms with Gasteiger partial charge >= 0.3 is 0 Å². The molecule has 0 aromatic heterocycles. The average Bonchev–Trinajstić information content (AvgIpc) is 2.39. The van der Waals surface area contributed by atoms with E-state index in [1.54, 1.807) is 17.0 Å². The number of benzene rings is 1. The smallest absolute Gasteiger partial charge is 0.256 e. The van der Waals surface area contributed by atoms with E-state index in [2.05, 4.69) is 4.90 Å². The van der Waals surface area contributed by atoms with Gasteiger partial charge in [0.25, 0.3) is 5.91 Å². The molecule has 104 valence electrons. The molecule has 1 heterocycles. The summed E-state index contributed by atoms with van der Waals surface area (Å²) in [7, 11) is 0. The molecular formula is C14H18ClFN2O. The summed E-state index contributed by atoms with van der Waals surface area (Å²) in [6, 6.07) is 4.73. The van der Waals surface area contributed by atoms with Gasteiger partial charge in [-0.05, 0) is 24.6 Å². The summed E-state index contributed by atoms with van der Waals surface area (Å²) in [5.41, 5.74) is 0.984. The van der Waals surface area contributed by atoms with Gasteiger partial charge in [-0.25, -0.2) is 4.39 Å². The lowest BCUT2D eigenvalue weighted by molar-refractivity contribution is 0.0640. The van der Waals surface area contributed by atoms with E-state index >= 15 is 0 Å². The first-order chi connectivity index (χ1) is 9.11. The Hall–Kier alpha value is -1.13. The molecular weight excluding hydrogens is 267 g/mol. The molecule has 19 heavy (non-hydrogen) atoms. The number of rotatable bonds is 3. The zero-order valence-corrected chi connectivity index (χ0v) is 11.8. The predicted molar refractivity (Wildman–Crippen MR) is 74.2 cm³/mol. The lowest BCUT2D eigenvalue weighted by Gasteiger charge is -2.34. The Morgan fingerprint density at radius 2 is 2.00 bits per heavy atom. The van der Waals surface area contributed by atoms with Gasteiger partial charge in [0.05, 0.1) is 5.56 Å². The van der Waals surface area contributed by atoms with Gasteiger partial charge in [-0.1, -0.05) is 6.07 Å². The monoisotopic (exact) mass is 284 g/mol. The molecule has 0 N–H and O–H groups in total. The molecule has 0 saturated carbocycles. The van der Waals surface area contributed by atoms with Crippen LogP contribution in [0.3, 0.4) is 0 Å². The molecule has 2 rings (SSSR count). The second-order valence-corrected chi connectivity index (χ2v) is 5.18. The van der Waals surface area contributed by atoms with Crippen LogP contribution in [-0.2, 0) is 0 Å². The predicted octanol–water partition coefficient (Wildman–Crippen LogP) is 2.13. The van der Waals surface area contributed by atoms with Crippen molar-refractivity contribution in [2.24, 2.45) is 0 Å². The third kappa shape index (κ3) is 3.45. The Balaban J connectivity index is 2.01. The highest BCUT2D eigenvalue weighted by Gasteiger charge is 2.23. The zero-order valence-electron chi connectivity index (χ0n) is 11.0. The van der Waals surface area contributed by atoms with Crippen LogP contribution >= 0.6 is 11.6 Å². The molecule has 1 amide bonds. The van der Waals surface area contributed by atoms with Gasteiger partial charge in [-0.2, -0.15) is 0 Å². The third-order valence-corrected chi connectivity index (χ3v) is 3.58. The van der Waals surface area contributed by atoms with Crippen molar-refractivity contribution in [3.05, 3.63) is 35.1 Å². The summed E-state index contributed by atoms with van der Waals surface area (Å²) in [6.07, 6.45) is 0. The summed E-state index contributed by atoms with van der Waals surface area (Å²) in [4.78, 5) is 16.2. The normalized spacial score (nSPS) is 16.7. The van der Waals surface area contributed by atoms with Gasteiger partial charge in [-0.15, -0.1) is 11.6 Å². The van der Waals surface area contributed by atoms with Crippen molar-refractivity contribution < 1.29 is 9.18 Å². The van der Waals surface area contributed by atoms with Crippen LogP contribution in [0.1, 0.15) is 15.9 Å². The Kier molecular flexibility index (Phi) is 4.77. The highest BCUT2D eigenvalue weighted by atomic mass is 35.5. The van der Waals surface area contributed by atoms with E-state index in [-0.39, 0.29) is 11.5 Å². The van der Waals surface area contributed by atoms with Crippen LogP contribution < -0.4 is 0 Å². The van der Waals surface area contributed by atoms with E-state index in [1.165, 1.54) is 6.07 Å². The van der Waals surface area contributed by atoms with Crippen molar-refractivity contribution in [2.75, 3.05) is 38.6 Å². The molecule has 5 heteroatoms. The summed E-state index contributed by atoms with van der Waals surface area (Å²) < 4.78 is 13.8. The van der Waals surface area contributed by atoms with Gasteiger partial charge < -0.3 is 4.90 Å². The molecule has 1 aromatic rings. The Labute approximate surface area is 117 Å². The summed E-state index contributed by atoms with van der Waals surface area (Å²) in [6.45, 7) is 5.49. The number of halogens is 2. The highest BCUT2D eigenvalue weighted by Crippen LogP contribution is 2.14. The second-order valence-electron chi connectivity index (χ2n) is 4.81. The molecule has 0 radical (unpaired) electrons. The van der Waals surface area contributed by atoms with Crippen molar-refractivity contribution in [3.8, 4) is 0 Å². The maximum Gasteiger partial charge on any atom is 0.256 e. The molecule has 0 bridgehead atoms. The average molecular weight is 285 g/mol. The van der Waals surface area contributed by atoms with E-state index in [0.29, 0.717) is 19.0 Å². The second kappa shape index (κ2) is 6.35. The van der Waals surface area contributed by atoms with Gasteiger partial charge in [0.2, 0.25) is 0 Å². The molecule has 1 fully saturated rings. The number of hydrogen-bond donors (Lipinski definition) is 0. The number of piperazine rings is 1. The van der Waals surface area contributed by atoms with Crippen LogP contribution in [-0.4, -0.2) is 54.3 Å². The number of alkyl halides is 1. The van der Waals surface area contributed by atoms with E-state index in [0.717, 1.165) is 25.2 Å². The van der Waals surface area contributed by atoms with Crippen LogP contribution in [0.5, 0.6) is 0 Å². The fourth-order valence-electron chi connectivity index (χ4n) is 2.26. The maximum absolute atomic E-state index is 13.8. The van der Waals surface area contributed by atoms with Crippen LogP contribution in [0.4, 0.5) is 4.39 Å². The molecule has 1 aromatic carbocycles. The van der Waals surface area contributed by atoms with E-state index in [1.807, 2.05) is 6.92 Å². The minimum atomic E-state index is -0.437. The molecule has 3 nitrogen and oxygen atoms in total. The minimum Gasteiger partial charge on any atom is -0.336 e. The molecule has 1 aliphatic rings. The van der Waals surface area contributed by atoms with E-state index < -0.39 is 5.82 Å². The molecule has 1 aliphatic heterocycles. The minimum absolute atomic E-state index is 0.163. The van der Waals surface area contributed by atoms with E-state index in [9.17, 15) is 9.18 Å². The Morgan fingerprint density at radius 3 is 2.58 bits per heavy atom. The largest absolute Gasteiger partial charge is 0.336 e. The molecule has 0 atom stereocenters. The van der Waals surface area contributed by atoms with Gasteiger partial charge in [0, 0.05) is 38.6 Å². The first-order valence-corrected chi connectivity index (χ1v) is 6.99. The van der Waals surface area contributed by atoms with Crippen LogP contribution in [0.25, 0.3) is 0 Å². The van der Waals surface area contributed by atoms with Crippen molar-refractivity contribution in [1.29, 1.82) is 0 Å². The topological polar surface area (TPSA) is 23.6 Å². The SMILES string of the molecule is Cc1ccc(C(=O)N2CCN(CCCl)CC2)c(F)c1. The Bertz CT molecular complexity index is 459. The van der Waals surface area contributed by atoms with Crippen LogP contribution in [0, 0.1) is 12.7 Å². The summed E-state index contributed by atoms with van der Waals surface area (Å²) in [5, 5.41) is 0. The molecule has 0 unspecified atom stereocenters. The summed E-state index contributed by atoms with van der Waals surface area (Å²) >= 11 is 5.69. The van der Waals surface area contributed by atoms with Crippen molar-refractivity contribution in [2.45, 2.75) is 6.92 Å². The van der Waals surface area contributed by atoms with Crippen molar-refractivity contribution >= 4 is 17.5 Å². The van der Waals surface area contributed by atoms with Crippen molar-refractivity contribution in [1.82, 2.24) is 9.80 Å². The van der Waals surface area contributed by atoms with E-state index in [4.69, 9.17) is 11.6 Å². The highest BCUT2D eigenvalue weighted by molar-refractivity contribution is 6.18. The zero-order chi connectivity index (χ0) is 13.8.